The van der Waals surface area contributed by atoms with Crippen LogP contribution in [0.5, 0.6) is 0 Å². The lowest BCUT2D eigenvalue weighted by atomic mass is 9.71. The third kappa shape index (κ3) is 1.59. The van der Waals surface area contributed by atoms with Gasteiger partial charge in [0.1, 0.15) is 0 Å². The zero-order valence-electron chi connectivity index (χ0n) is 14.0. The fourth-order valence-electron chi connectivity index (χ4n) is 4.10. The van der Waals surface area contributed by atoms with Crippen molar-refractivity contribution in [2.45, 2.75) is 26.2 Å². The summed E-state index contributed by atoms with van der Waals surface area (Å²) >= 11 is 0. The van der Waals surface area contributed by atoms with Gasteiger partial charge < -0.3 is 0 Å². The molecule has 116 valence electrons. The Morgan fingerprint density at radius 2 is 1.83 bits per heavy atom. The summed E-state index contributed by atoms with van der Waals surface area (Å²) in [5.74, 6) is 0. The van der Waals surface area contributed by atoms with Gasteiger partial charge in [0.25, 0.3) is 0 Å². The quantitative estimate of drug-likeness (QED) is 0.468. The van der Waals surface area contributed by atoms with Crippen molar-refractivity contribution < 1.29 is 0 Å². The molecule has 3 aromatic heterocycles. The normalized spacial score (nSPS) is 14.8. The molecule has 3 nitrogen and oxygen atoms in total. The Hall–Kier alpha value is -2.81. The minimum absolute atomic E-state index is 0.196. The first-order valence-corrected chi connectivity index (χ1v) is 8.23. The second-order valence-corrected chi connectivity index (χ2v) is 7.06. The van der Waals surface area contributed by atoms with Gasteiger partial charge in [-0.15, -0.1) is 0 Å². The van der Waals surface area contributed by atoms with E-state index in [1.807, 2.05) is 18.5 Å². The van der Waals surface area contributed by atoms with E-state index in [1.54, 1.807) is 0 Å². The van der Waals surface area contributed by atoms with Gasteiger partial charge in [0.2, 0.25) is 0 Å². The largest absolute Gasteiger partial charge is 0.257 e. The zero-order chi connectivity index (χ0) is 16.5. The Bertz CT molecular complexity index is 1140. The summed E-state index contributed by atoms with van der Waals surface area (Å²) in [5, 5.41) is 3.56. The molecule has 3 heteroatoms. The summed E-state index contributed by atoms with van der Waals surface area (Å²) in [6.07, 6.45) is 3.86. The molecule has 0 N–H and O–H groups in total. The maximum atomic E-state index is 4.93. The van der Waals surface area contributed by atoms with E-state index in [2.05, 4.69) is 56.1 Å². The van der Waals surface area contributed by atoms with Crippen molar-refractivity contribution in [2.24, 2.45) is 0 Å². The van der Waals surface area contributed by atoms with Crippen molar-refractivity contribution in [3.8, 4) is 11.3 Å². The summed E-state index contributed by atoms with van der Waals surface area (Å²) in [6, 6.07) is 12.6. The number of hydrogen-bond donors (Lipinski definition) is 0. The number of pyridine rings is 3. The first-order chi connectivity index (χ1) is 11.6. The third-order valence-corrected chi connectivity index (χ3v) is 5.12. The third-order valence-electron chi connectivity index (χ3n) is 5.12. The van der Waals surface area contributed by atoms with Gasteiger partial charge in [-0.1, -0.05) is 32.0 Å². The van der Waals surface area contributed by atoms with Crippen LogP contribution in [0, 0.1) is 6.92 Å². The molecule has 0 amide bonds. The predicted octanol–water partition coefficient (Wildman–Crippen LogP) is 4.79. The lowest BCUT2D eigenvalue weighted by Gasteiger charge is -2.34. The smallest absolute Gasteiger partial charge is 0.0817 e. The molecule has 0 unspecified atom stereocenters. The van der Waals surface area contributed by atoms with E-state index in [4.69, 9.17) is 9.97 Å². The molecule has 0 bridgehead atoms. The highest BCUT2D eigenvalue weighted by Crippen LogP contribution is 2.48. The van der Waals surface area contributed by atoms with Gasteiger partial charge in [0.15, 0.2) is 0 Å². The summed E-state index contributed by atoms with van der Waals surface area (Å²) < 4.78 is 0. The molecule has 4 aromatic rings. The van der Waals surface area contributed by atoms with E-state index < -0.39 is 0 Å². The summed E-state index contributed by atoms with van der Waals surface area (Å²) in [4.78, 5) is 14.3. The maximum absolute atomic E-state index is 4.93. The second kappa shape index (κ2) is 4.38. The summed E-state index contributed by atoms with van der Waals surface area (Å²) in [7, 11) is 0. The fourth-order valence-corrected chi connectivity index (χ4v) is 4.10. The van der Waals surface area contributed by atoms with Crippen LogP contribution >= 0.6 is 0 Å². The number of rotatable bonds is 0. The van der Waals surface area contributed by atoms with E-state index in [0.29, 0.717) is 0 Å². The number of nitrogens with zero attached hydrogens (tertiary/aromatic N) is 3. The molecule has 5 rings (SSSR count). The van der Waals surface area contributed by atoms with Crippen LogP contribution in [0.2, 0.25) is 0 Å². The van der Waals surface area contributed by atoms with Gasteiger partial charge in [-0.05, 0) is 36.1 Å². The van der Waals surface area contributed by atoms with Gasteiger partial charge in [0.05, 0.1) is 16.9 Å². The Morgan fingerprint density at radius 1 is 1.00 bits per heavy atom. The van der Waals surface area contributed by atoms with Crippen molar-refractivity contribution >= 4 is 21.7 Å². The number of benzene rings is 1. The van der Waals surface area contributed by atoms with Crippen LogP contribution in [-0.2, 0) is 5.41 Å². The topological polar surface area (TPSA) is 38.7 Å². The molecule has 0 saturated carbocycles. The first kappa shape index (κ1) is 13.6. The molecule has 1 aliphatic carbocycles. The molecule has 0 saturated heterocycles. The average molecular weight is 311 g/mol. The predicted molar refractivity (Wildman–Crippen MR) is 97.1 cm³/mol. The van der Waals surface area contributed by atoms with Crippen molar-refractivity contribution in [1.29, 1.82) is 0 Å². The summed E-state index contributed by atoms with van der Waals surface area (Å²) in [5.41, 5.74) is 6.39. The molecular weight excluding hydrogens is 294 g/mol. The van der Waals surface area contributed by atoms with Gasteiger partial charge in [-0.2, -0.15) is 0 Å². The summed E-state index contributed by atoms with van der Waals surface area (Å²) in [6.45, 7) is 6.58. The van der Waals surface area contributed by atoms with E-state index in [0.717, 1.165) is 33.5 Å². The zero-order valence-corrected chi connectivity index (χ0v) is 14.0. The Balaban J connectivity index is 2.06. The molecule has 0 fully saturated rings. The molecular formula is C21H17N3. The van der Waals surface area contributed by atoms with Gasteiger partial charge >= 0.3 is 0 Å². The Labute approximate surface area is 140 Å². The number of hydrogen-bond acceptors (Lipinski definition) is 3. The van der Waals surface area contributed by atoms with E-state index >= 15 is 0 Å². The molecule has 1 aliphatic rings. The standard InChI is InChI=1S/C21H17N3/c1-12-10-13-8-9-22-19-15-11-23-16-7-5-4-6-14(16)18(15)21(2,3)20(24-12)17(13)19/h4-11H,1-3H3. The molecule has 3 heterocycles. The van der Waals surface area contributed by atoms with Gasteiger partial charge in [-0.25, -0.2) is 0 Å². The van der Waals surface area contributed by atoms with Crippen LogP contribution in [-0.4, -0.2) is 15.0 Å². The highest BCUT2D eigenvalue weighted by molar-refractivity contribution is 6.04. The molecule has 24 heavy (non-hydrogen) atoms. The van der Waals surface area contributed by atoms with Gasteiger partial charge in [0, 0.05) is 39.8 Å². The van der Waals surface area contributed by atoms with Crippen LogP contribution in [0.3, 0.4) is 0 Å². The Morgan fingerprint density at radius 3 is 2.71 bits per heavy atom. The average Bonchev–Trinajstić information content (AvgIpc) is 2.58. The van der Waals surface area contributed by atoms with Crippen LogP contribution < -0.4 is 0 Å². The van der Waals surface area contributed by atoms with E-state index in [-0.39, 0.29) is 5.41 Å². The van der Waals surface area contributed by atoms with Crippen LogP contribution in [0.1, 0.15) is 30.8 Å². The van der Waals surface area contributed by atoms with Crippen molar-refractivity contribution in [3.63, 3.8) is 0 Å². The minimum Gasteiger partial charge on any atom is -0.257 e. The number of aryl methyl sites for hydroxylation is 1. The van der Waals surface area contributed by atoms with Crippen molar-refractivity contribution in [3.05, 3.63) is 65.7 Å². The molecule has 0 spiro atoms. The number of para-hydroxylation sites is 1. The van der Waals surface area contributed by atoms with Crippen LogP contribution in [0.15, 0.2) is 48.8 Å². The maximum Gasteiger partial charge on any atom is 0.0817 e. The van der Waals surface area contributed by atoms with Crippen molar-refractivity contribution in [2.75, 3.05) is 0 Å². The number of aromatic nitrogens is 3. The van der Waals surface area contributed by atoms with E-state index in [9.17, 15) is 0 Å². The van der Waals surface area contributed by atoms with Gasteiger partial charge in [-0.3, -0.25) is 15.0 Å². The molecule has 1 aromatic carbocycles. The van der Waals surface area contributed by atoms with E-state index in [1.165, 1.54) is 16.3 Å². The van der Waals surface area contributed by atoms with Crippen molar-refractivity contribution in [1.82, 2.24) is 15.0 Å². The molecule has 0 aliphatic heterocycles. The van der Waals surface area contributed by atoms with Crippen LogP contribution in [0.25, 0.3) is 32.9 Å². The second-order valence-electron chi connectivity index (χ2n) is 7.06. The minimum atomic E-state index is -0.196. The lowest BCUT2D eigenvalue weighted by molar-refractivity contribution is 0.624. The monoisotopic (exact) mass is 311 g/mol. The highest BCUT2D eigenvalue weighted by Gasteiger charge is 2.37. The van der Waals surface area contributed by atoms with Crippen LogP contribution in [0.4, 0.5) is 0 Å². The molecule has 0 radical (unpaired) electrons. The lowest BCUT2D eigenvalue weighted by Crippen LogP contribution is -2.26. The highest BCUT2D eigenvalue weighted by atomic mass is 14.8. The fraction of sp³-hybridized carbons (Fsp3) is 0.190. The first-order valence-electron chi connectivity index (χ1n) is 8.23. The number of fused-ring (bicyclic) bond motifs is 4. The SMILES string of the molecule is Cc1cc2ccnc3c2c(n1)C(C)(C)c1c-3cnc2ccccc12. The Kier molecular flexibility index (Phi) is 2.49. The molecule has 0 atom stereocenters.